The van der Waals surface area contributed by atoms with Gasteiger partial charge < -0.3 is 4.79 Å². The Labute approximate surface area is 92.0 Å². The lowest BCUT2D eigenvalue weighted by Gasteiger charge is -2.20. The Bertz CT molecular complexity index is 141. The number of carbonyl (C=O) groups excluding carboxylic acids is 1. The van der Waals surface area contributed by atoms with Crippen LogP contribution in [-0.2, 0) is 4.79 Å². The first-order valence-corrected chi connectivity index (χ1v) is 7.03. The Morgan fingerprint density at radius 1 is 1.07 bits per heavy atom. The molecule has 0 saturated heterocycles. The summed E-state index contributed by atoms with van der Waals surface area (Å²) in [6, 6.07) is 0. The number of hydrogen-bond acceptors (Lipinski definition) is 2. The highest BCUT2D eigenvalue weighted by Gasteiger charge is 2.12. The maximum Gasteiger partial charge on any atom is 0.119 e. The van der Waals surface area contributed by atoms with E-state index in [2.05, 4.69) is 11.8 Å². The zero-order valence-electron chi connectivity index (χ0n) is 9.04. The molecule has 0 amide bonds. The highest BCUT2D eigenvalue weighted by molar-refractivity contribution is 7.99. The van der Waals surface area contributed by atoms with Crippen LogP contribution in [0.3, 0.4) is 0 Å². The van der Waals surface area contributed by atoms with Crippen molar-refractivity contribution < 1.29 is 4.79 Å². The van der Waals surface area contributed by atoms with Crippen LogP contribution in [0.1, 0.15) is 57.8 Å². The minimum absolute atomic E-state index is 0.758. The zero-order chi connectivity index (χ0) is 10.1. The molecule has 1 fully saturated rings. The standard InChI is InChI=1S/C12H22OS/c13-10-6-1-2-7-11-14-12-8-4-3-5-9-12/h10,12H,1-9,11H2. The molecular weight excluding hydrogens is 192 g/mol. The van der Waals surface area contributed by atoms with Crippen LogP contribution in [-0.4, -0.2) is 17.3 Å². The van der Waals surface area contributed by atoms with E-state index in [1.165, 1.54) is 50.7 Å². The quantitative estimate of drug-likeness (QED) is 0.473. The van der Waals surface area contributed by atoms with E-state index in [0.29, 0.717) is 0 Å². The zero-order valence-corrected chi connectivity index (χ0v) is 9.86. The van der Waals surface area contributed by atoms with E-state index in [0.717, 1.165) is 24.4 Å². The third-order valence-electron chi connectivity index (χ3n) is 2.87. The topological polar surface area (TPSA) is 17.1 Å². The highest BCUT2D eigenvalue weighted by atomic mass is 32.2. The summed E-state index contributed by atoms with van der Waals surface area (Å²) >= 11 is 2.17. The molecule has 0 radical (unpaired) electrons. The molecule has 0 atom stereocenters. The molecule has 14 heavy (non-hydrogen) atoms. The highest BCUT2D eigenvalue weighted by Crippen LogP contribution is 2.28. The lowest BCUT2D eigenvalue weighted by molar-refractivity contribution is -0.107. The van der Waals surface area contributed by atoms with Crippen LogP contribution in [0, 0.1) is 0 Å². The average molecular weight is 214 g/mol. The van der Waals surface area contributed by atoms with Gasteiger partial charge in [0.1, 0.15) is 6.29 Å². The summed E-state index contributed by atoms with van der Waals surface area (Å²) in [4.78, 5) is 10.1. The van der Waals surface area contributed by atoms with Gasteiger partial charge in [0.2, 0.25) is 0 Å². The average Bonchev–Trinajstić information content (AvgIpc) is 2.25. The smallest absolute Gasteiger partial charge is 0.119 e. The molecule has 0 heterocycles. The number of hydrogen-bond donors (Lipinski definition) is 0. The first kappa shape index (κ1) is 12.1. The SMILES string of the molecule is O=CCCCCCSC1CCCCC1. The largest absolute Gasteiger partial charge is 0.303 e. The van der Waals surface area contributed by atoms with Crippen molar-refractivity contribution in [2.45, 2.75) is 63.0 Å². The van der Waals surface area contributed by atoms with Crippen LogP contribution in [0.15, 0.2) is 0 Å². The van der Waals surface area contributed by atoms with Gasteiger partial charge in [-0.25, -0.2) is 0 Å². The third kappa shape index (κ3) is 5.69. The van der Waals surface area contributed by atoms with Crippen LogP contribution in [0.2, 0.25) is 0 Å². The lowest BCUT2D eigenvalue weighted by atomic mass is 10.0. The van der Waals surface area contributed by atoms with Gasteiger partial charge in [0.05, 0.1) is 0 Å². The van der Waals surface area contributed by atoms with Crippen LogP contribution >= 0.6 is 11.8 Å². The minimum Gasteiger partial charge on any atom is -0.303 e. The predicted molar refractivity (Wildman–Crippen MR) is 63.9 cm³/mol. The molecule has 0 N–H and O–H groups in total. The molecule has 82 valence electrons. The van der Waals surface area contributed by atoms with Gasteiger partial charge in [-0.15, -0.1) is 0 Å². The van der Waals surface area contributed by atoms with Crippen molar-refractivity contribution in [1.29, 1.82) is 0 Å². The van der Waals surface area contributed by atoms with Crippen LogP contribution in [0.25, 0.3) is 0 Å². The van der Waals surface area contributed by atoms with Crippen LogP contribution in [0.4, 0.5) is 0 Å². The summed E-state index contributed by atoms with van der Waals surface area (Å²) in [7, 11) is 0. The molecule has 0 aromatic heterocycles. The molecule has 1 rings (SSSR count). The second-order valence-corrected chi connectivity index (χ2v) is 5.56. The Balaban J connectivity index is 1.85. The normalized spacial score (nSPS) is 18.3. The molecule has 0 unspecified atom stereocenters. The van der Waals surface area contributed by atoms with Crippen LogP contribution < -0.4 is 0 Å². The van der Waals surface area contributed by atoms with Gasteiger partial charge in [-0.1, -0.05) is 25.7 Å². The van der Waals surface area contributed by atoms with E-state index in [9.17, 15) is 4.79 Å². The monoisotopic (exact) mass is 214 g/mol. The second-order valence-electron chi connectivity index (χ2n) is 4.15. The fraction of sp³-hybridized carbons (Fsp3) is 0.917. The maximum absolute atomic E-state index is 10.1. The molecule has 0 aromatic carbocycles. The number of thioether (sulfide) groups is 1. The maximum atomic E-state index is 10.1. The van der Waals surface area contributed by atoms with Crippen LogP contribution in [0.5, 0.6) is 0 Å². The summed E-state index contributed by atoms with van der Waals surface area (Å²) in [5.41, 5.74) is 0. The van der Waals surface area contributed by atoms with Crippen molar-refractivity contribution in [2.75, 3.05) is 5.75 Å². The number of rotatable bonds is 7. The van der Waals surface area contributed by atoms with E-state index in [1.54, 1.807) is 0 Å². The molecule has 2 heteroatoms. The van der Waals surface area contributed by atoms with Gasteiger partial charge in [0.25, 0.3) is 0 Å². The van der Waals surface area contributed by atoms with E-state index in [1.807, 2.05) is 0 Å². The second kappa shape index (κ2) is 8.34. The van der Waals surface area contributed by atoms with Crippen molar-refractivity contribution in [3.63, 3.8) is 0 Å². The molecule has 1 aliphatic carbocycles. The lowest BCUT2D eigenvalue weighted by Crippen LogP contribution is -2.08. The summed E-state index contributed by atoms with van der Waals surface area (Å²) in [6.45, 7) is 0. The summed E-state index contributed by atoms with van der Waals surface area (Å²) < 4.78 is 0. The van der Waals surface area contributed by atoms with Crippen molar-refractivity contribution in [1.82, 2.24) is 0 Å². The van der Waals surface area contributed by atoms with Gasteiger partial charge in [-0.2, -0.15) is 11.8 Å². The van der Waals surface area contributed by atoms with Gasteiger partial charge in [-0.05, 0) is 31.4 Å². The first-order valence-electron chi connectivity index (χ1n) is 5.98. The van der Waals surface area contributed by atoms with Gasteiger partial charge >= 0.3 is 0 Å². The molecule has 1 saturated carbocycles. The first-order chi connectivity index (χ1) is 6.93. The number of carbonyl (C=O) groups is 1. The Morgan fingerprint density at radius 3 is 2.57 bits per heavy atom. The van der Waals surface area contributed by atoms with E-state index < -0.39 is 0 Å². The summed E-state index contributed by atoms with van der Waals surface area (Å²) in [5, 5.41) is 0.954. The van der Waals surface area contributed by atoms with Crippen molar-refractivity contribution in [3.05, 3.63) is 0 Å². The molecule has 1 nitrogen and oxygen atoms in total. The third-order valence-corrected chi connectivity index (χ3v) is 4.34. The van der Waals surface area contributed by atoms with E-state index in [-0.39, 0.29) is 0 Å². The van der Waals surface area contributed by atoms with Crippen molar-refractivity contribution >= 4 is 18.0 Å². The Hall–Kier alpha value is 0.0200. The van der Waals surface area contributed by atoms with Gasteiger partial charge in [0, 0.05) is 11.7 Å². The predicted octanol–water partition coefficient (Wildman–Crippen LogP) is 3.81. The van der Waals surface area contributed by atoms with E-state index >= 15 is 0 Å². The van der Waals surface area contributed by atoms with Gasteiger partial charge in [-0.3, -0.25) is 0 Å². The summed E-state index contributed by atoms with van der Waals surface area (Å²) in [5.74, 6) is 1.31. The Morgan fingerprint density at radius 2 is 1.86 bits per heavy atom. The molecular formula is C12H22OS. The number of aldehydes is 1. The van der Waals surface area contributed by atoms with Crippen molar-refractivity contribution in [2.24, 2.45) is 0 Å². The van der Waals surface area contributed by atoms with E-state index in [4.69, 9.17) is 0 Å². The fourth-order valence-corrected chi connectivity index (χ4v) is 3.36. The summed E-state index contributed by atoms with van der Waals surface area (Å²) in [6.07, 6.45) is 12.7. The van der Waals surface area contributed by atoms with Gasteiger partial charge in [0.15, 0.2) is 0 Å². The molecule has 1 aliphatic rings. The molecule has 0 aromatic rings. The minimum atomic E-state index is 0.758. The van der Waals surface area contributed by atoms with Crippen molar-refractivity contribution in [3.8, 4) is 0 Å². The molecule has 0 aliphatic heterocycles. The Kier molecular flexibility index (Phi) is 7.20. The number of unbranched alkanes of at least 4 members (excludes halogenated alkanes) is 3. The fourth-order valence-electron chi connectivity index (χ4n) is 1.99. The molecule has 0 spiro atoms. The molecule has 0 bridgehead atoms.